The van der Waals surface area contributed by atoms with Crippen molar-refractivity contribution in [3.63, 3.8) is 0 Å². The molecular weight excluding hydrogens is 346 g/mol. The van der Waals surface area contributed by atoms with Crippen molar-refractivity contribution >= 4 is 27.5 Å². The molecule has 2 aromatic carbocycles. The van der Waals surface area contributed by atoms with Crippen LogP contribution in [0, 0.1) is 5.92 Å². The van der Waals surface area contributed by atoms with Crippen LogP contribution in [0.3, 0.4) is 0 Å². The third kappa shape index (κ3) is 3.88. The molecule has 0 radical (unpaired) electrons. The molecule has 1 N–H and O–H groups in total. The topological polar surface area (TPSA) is 12.0 Å². The Bertz CT molecular complexity index is 590. The molecule has 110 valence electrons. The van der Waals surface area contributed by atoms with Gasteiger partial charge in [0.1, 0.15) is 0 Å². The highest BCUT2D eigenvalue weighted by Gasteiger charge is 2.33. The Morgan fingerprint density at radius 2 is 1.57 bits per heavy atom. The van der Waals surface area contributed by atoms with Gasteiger partial charge in [0.05, 0.1) is 0 Å². The van der Waals surface area contributed by atoms with Gasteiger partial charge in [0.15, 0.2) is 0 Å². The molecule has 1 fully saturated rings. The molecule has 1 unspecified atom stereocenters. The fourth-order valence-electron chi connectivity index (χ4n) is 2.72. The quantitative estimate of drug-likeness (QED) is 0.696. The first-order valence-corrected chi connectivity index (χ1v) is 8.57. The van der Waals surface area contributed by atoms with Crippen LogP contribution in [-0.2, 0) is 0 Å². The predicted molar refractivity (Wildman–Crippen MR) is 92.6 cm³/mol. The monoisotopic (exact) mass is 363 g/mol. The van der Waals surface area contributed by atoms with Gasteiger partial charge in [-0.3, -0.25) is 0 Å². The van der Waals surface area contributed by atoms with E-state index >= 15 is 0 Å². The molecule has 2 atom stereocenters. The molecule has 0 saturated heterocycles. The summed E-state index contributed by atoms with van der Waals surface area (Å²) in [6.07, 6.45) is 2.63. The smallest absolute Gasteiger partial charge is 0.0406 e. The van der Waals surface area contributed by atoms with Crippen LogP contribution >= 0.6 is 27.5 Å². The summed E-state index contributed by atoms with van der Waals surface area (Å²) in [5, 5.41) is 4.59. The van der Waals surface area contributed by atoms with E-state index in [4.69, 9.17) is 11.6 Å². The van der Waals surface area contributed by atoms with Gasteiger partial charge in [-0.2, -0.15) is 0 Å². The highest BCUT2D eigenvalue weighted by molar-refractivity contribution is 9.10. The van der Waals surface area contributed by atoms with Crippen LogP contribution in [0.4, 0.5) is 0 Å². The lowest BCUT2D eigenvalue weighted by molar-refractivity contribution is 0.427. The summed E-state index contributed by atoms with van der Waals surface area (Å²) in [5.41, 5.74) is 2.66. The normalized spacial score (nSPS) is 17.5. The van der Waals surface area contributed by atoms with Gasteiger partial charge in [0.2, 0.25) is 0 Å². The van der Waals surface area contributed by atoms with Crippen molar-refractivity contribution < 1.29 is 0 Å². The molecule has 0 aliphatic heterocycles. The van der Waals surface area contributed by atoms with Crippen LogP contribution in [0.5, 0.6) is 0 Å². The van der Waals surface area contributed by atoms with E-state index in [2.05, 4.69) is 64.6 Å². The second-order valence-corrected chi connectivity index (χ2v) is 7.16. The van der Waals surface area contributed by atoms with E-state index in [1.165, 1.54) is 24.0 Å². The van der Waals surface area contributed by atoms with Crippen LogP contribution in [0.1, 0.15) is 43.0 Å². The van der Waals surface area contributed by atoms with Crippen molar-refractivity contribution in [1.29, 1.82) is 0 Å². The van der Waals surface area contributed by atoms with Gasteiger partial charge in [-0.05, 0) is 61.1 Å². The molecule has 0 aromatic heterocycles. The highest BCUT2D eigenvalue weighted by atomic mass is 79.9. The maximum absolute atomic E-state index is 6.00. The maximum atomic E-state index is 6.00. The van der Waals surface area contributed by atoms with Crippen LogP contribution in [0.25, 0.3) is 0 Å². The molecule has 2 aromatic rings. The van der Waals surface area contributed by atoms with E-state index in [-0.39, 0.29) is 0 Å². The molecule has 0 bridgehead atoms. The largest absolute Gasteiger partial charge is 0.303 e. The molecule has 1 aliphatic carbocycles. The van der Waals surface area contributed by atoms with Gasteiger partial charge in [-0.1, -0.05) is 51.8 Å². The van der Waals surface area contributed by atoms with Gasteiger partial charge < -0.3 is 5.32 Å². The second-order valence-electron chi connectivity index (χ2n) is 5.81. The fraction of sp³-hybridized carbons (Fsp3) is 0.333. The number of hydrogen-bond donors (Lipinski definition) is 1. The average Bonchev–Trinajstić information content (AvgIpc) is 3.31. The van der Waals surface area contributed by atoms with E-state index in [0.717, 1.165) is 15.4 Å². The zero-order chi connectivity index (χ0) is 14.8. The number of rotatable bonds is 5. The van der Waals surface area contributed by atoms with E-state index in [1.54, 1.807) is 0 Å². The van der Waals surface area contributed by atoms with Crippen molar-refractivity contribution in [2.24, 2.45) is 5.92 Å². The molecule has 1 aliphatic rings. The summed E-state index contributed by atoms with van der Waals surface area (Å²) in [4.78, 5) is 0. The van der Waals surface area contributed by atoms with Gasteiger partial charge in [-0.25, -0.2) is 0 Å². The lowest BCUT2D eigenvalue weighted by atomic mass is 9.99. The molecular formula is C18H19BrClN. The van der Waals surface area contributed by atoms with E-state index < -0.39 is 0 Å². The summed E-state index contributed by atoms with van der Waals surface area (Å²) in [7, 11) is 0. The van der Waals surface area contributed by atoms with Gasteiger partial charge in [0, 0.05) is 21.6 Å². The molecule has 1 saturated carbocycles. The Balaban J connectivity index is 1.76. The average molecular weight is 365 g/mol. The Hall–Kier alpha value is -0.830. The lowest BCUT2D eigenvalue weighted by Crippen LogP contribution is -2.26. The van der Waals surface area contributed by atoms with Gasteiger partial charge >= 0.3 is 0 Å². The number of hydrogen-bond acceptors (Lipinski definition) is 1. The number of halogens is 2. The van der Waals surface area contributed by atoms with Crippen LogP contribution in [0.2, 0.25) is 5.02 Å². The van der Waals surface area contributed by atoms with Crippen molar-refractivity contribution in [2.45, 2.75) is 31.8 Å². The molecule has 1 nitrogen and oxygen atoms in total. The van der Waals surface area contributed by atoms with E-state index in [9.17, 15) is 0 Å². The first-order chi connectivity index (χ1) is 10.1. The minimum absolute atomic E-state index is 0.333. The summed E-state index contributed by atoms with van der Waals surface area (Å²) < 4.78 is 1.12. The first-order valence-electron chi connectivity index (χ1n) is 7.40. The third-order valence-corrected chi connectivity index (χ3v) is 4.90. The second kappa shape index (κ2) is 6.51. The van der Waals surface area contributed by atoms with Crippen molar-refractivity contribution in [3.8, 4) is 0 Å². The van der Waals surface area contributed by atoms with Gasteiger partial charge in [0.25, 0.3) is 0 Å². The van der Waals surface area contributed by atoms with E-state index in [1.807, 2.05) is 12.1 Å². The SMILES string of the molecule is C[C@@H](NC(c1ccc(Cl)cc1)C1CC1)c1ccc(Br)cc1. The zero-order valence-electron chi connectivity index (χ0n) is 12.0. The Labute approximate surface area is 139 Å². The van der Waals surface area contributed by atoms with Crippen LogP contribution in [-0.4, -0.2) is 0 Å². The minimum atomic E-state index is 0.333. The molecule has 0 heterocycles. The summed E-state index contributed by atoms with van der Waals surface area (Å²) >= 11 is 9.49. The third-order valence-electron chi connectivity index (χ3n) is 4.12. The zero-order valence-corrected chi connectivity index (χ0v) is 14.4. The fourth-order valence-corrected chi connectivity index (χ4v) is 3.11. The van der Waals surface area contributed by atoms with Crippen molar-refractivity contribution in [3.05, 3.63) is 69.2 Å². The summed E-state index contributed by atoms with van der Waals surface area (Å²) in [6, 6.07) is 17.6. The van der Waals surface area contributed by atoms with Crippen molar-refractivity contribution in [1.82, 2.24) is 5.32 Å². The summed E-state index contributed by atoms with van der Waals surface area (Å²) in [5.74, 6) is 0.754. The molecule has 0 spiro atoms. The molecule has 3 rings (SSSR count). The van der Waals surface area contributed by atoms with Gasteiger partial charge in [-0.15, -0.1) is 0 Å². The molecule has 3 heteroatoms. The Kier molecular flexibility index (Phi) is 4.68. The minimum Gasteiger partial charge on any atom is -0.303 e. The number of nitrogens with one attached hydrogen (secondary N) is 1. The molecule has 0 amide bonds. The maximum Gasteiger partial charge on any atom is 0.0406 e. The van der Waals surface area contributed by atoms with Crippen LogP contribution < -0.4 is 5.32 Å². The summed E-state index contributed by atoms with van der Waals surface area (Å²) in [6.45, 7) is 2.23. The lowest BCUT2D eigenvalue weighted by Gasteiger charge is -2.24. The van der Waals surface area contributed by atoms with E-state index in [0.29, 0.717) is 12.1 Å². The highest BCUT2D eigenvalue weighted by Crippen LogP contribution is 2.42. The Morgan fingerprint density at radius 3 is 2.14 bits per heavy atom. The van der Waals surface area contributed by atoms with Crippen LogP contribution in [0.15, 0.2) is 53.0 Å². The van der Waals surface area contributed by atoms with Crippen molar-refractivity contribution in [2.75, 3.05) is 0 Å². The number of benzene rings is 2. The molecule has 21 heavy (non-hydrogen) atoms. The first kappa shape index (κ1) is 15.1. The predicted octanol–water partition coefficient (Wildman–Crippen LogP) is 5.90. The standard InChI is InChI=1S/C18H19BrClN/c1-12(13-4-8-16(19)9-5-13)21-18(14-2-3-14)15-6-10-17(20)11-7-15/h4-12,14,18,21H,2-3H2,1H3/t12-,18?/m1/s1. The Morgan fingerprint density at radius 1 is 1.00 bits per heavy atom.